The molecule has 0 aromatic heterocycles. The average Bonchev–Trinajstić information content (AvgIpc) is 2.85. The molecule has 1 spiro atoms. The van der Waals surface area contributed by atoms with E-state index >= 15 is 0 Å². The van der Waals surface area contributed by atoms with Crippen LogP contribution in [-0.2, 0) is 28.1 Å². The molecule has 0 unspecified atom stereocenters. The topological polar surface area (TPSA) is 74.0 Å². The molecular weight excluding hydrogens is 404 g/mol. The number of carbonyl (C=O) groups is 1. The van der Waals surface area contributed by atoms with Gasteiger partial charge in [0.05, 0.1) is 20.1 Å². The van der Waals surface area contributed by atoms with Gasteiger partial charge in [-0.2, -0.15) is 0 Å². The van der Waals surface area contributed by atoms with Crippen molar-refractivity contribution in [3.63, 3.8) is 0 Å². The van der Waals surface area contributed by atoms with Gasteiger partial charge in [0.25, 0.3) is 0 Å². The first-order chi connectivity index (χ1) is 15.6. The first kappa shape index (κ1) is 22.6. The quantitative estimate of drug-likeness (QED) is 0.665. The third kappa shape index (κ3) is 4.34. The van der Waals surface area contributed by atoms with Crippen LogP contribution in [0.25, 0.3) is 0 Å². The minimum atomic E-state index is -0.122. The smallest absolute Gasteiger partial charge is 0.309 e. The third-order valence-corrected chi connectivity index (χ3v) is 7.14. The van der Waals surface area contributed by atoms with Gasteiger partial charge in [0.2, 0.25) is 0 Å². The maximum atomic E-state index is 12.8. The summed E-state index contributed by atoms with van der Waals surface area (Å²) in [5.74, 6) is 1.38. The highest BCUT2D eigenvalue weighted by molar-refractivity contribution is 5.72. The highest BCUT2D eigenvalue weighted by atomic mass is 16.5. The van der Waals surface area contributed by atoms with Crippen molar-refractivity contribution < 1.29 is 19.0 Å². The van der Waals surface area contributed by atoms with Crippen LogP contribution in [-0.4, -0.2) is 44.7 Å². The number of methoxy groups -OCH3 is 2. The van der Waals surface area contributed by atoms with E-state index in [4.69, 9.17) is 19.9 Å². The van der Waals surface area contributed by atoms with E-state index in [1.165, 1.54) is 11.1 Å². The molecule has 6 nitrogen and oxygen atoms in total. The van der Waals surface area contributed by atoms with Crippen LogP contribution in [0.1, 0.15) is 42.4 Å². The molecule has 6 heteroatoms. The lowest BCUT2D eigenvalue weighted by molar-refractivity contribution is -0.152. The van der Waals surface area contributed by atoms with Gasteiger partial charge >= 0.3 is 5.97 Å². The second kappa shape index (κ2) is 9.92. The van der Waals surface area contributed by atoms with E-state index in [0.29, 0.717) is 13.2 Å². The van der Waals surface area contributed by atoms with Crippen molar-refractivity contribution in [1.82, 2.24) is 4.90 Å². The molecule has 1 fully saturated rings. The Labute approximate surface area is 190 Å². The minimum Gasteiger partial charge on any atom is -0.493 e. The van der Waals surface area contributed by atoms with Gasteiger partial charge in [-0.15, -0.1) is 0 Å². The Balaban J connectivity index is 1.53. The van der Waals surface area contributed by atoms with E-state index in [1.54, 1.807) is 14.2 Å². The molecule has 0 amide bonds. The van der Waals surface area contributed by atoms with E-state index in [9.17, 15) is 4.79 Å². The van der Waals surface area contributed by atoms with Crippen LogP contribution >= 0.6 is 0 Å². The summed E-state index contributed by atoms with van der Waals surface area (Å²) >= 11 is 0. The highest BCUT2D eigenvalue weighted by Crippen LogP contribution is 2.50. The first-order valence-corrected chi connectivity index (χ1v) is 11.5. The predicted octanol–water partition coefficient (Wildman–Crippen LogP) is 3.65. The molecule has 1 saturated carbocycles. The lowest BCUT2D eigenvalue weighted by atomic mass is 9.68. The lowest BCUT2D eigenvalue weighted by Gasteiger charge is -2.51. The fourth-order valence-electron chi connectivity index (χ4n) is 5.45. The van der Waals surface area contributed by atoms with Crippen molar-refractivity contribution >= 4 is 5.97 Å². The summed E-state index contributed by atoms with van der Waals surface area (Å²) in [6.07, 6.45) is 4.38. The zero-order valence-electron chi connectivity index (χ0n) is 19.1. The summed E-state index contributed by atoms with van der Waals surface area (Å²) in [6.45, 7) is 2.76. The molecule has 2 N–H and O–H groups in total. The zero-order valence-corrected chi connectivity index (χ0v) is 19.1. The fraction of sp³-hybridized carbons (Fsp3) is 0.500. The van der Waals surface area contributed by atoms with Crippen LogP contribution in [0.4, 0.5) is 0 Å². The molecule has 0 bridgehead atoms. The normalized spacial score (nSPS) is 22.9. The minimum absolute atomic E-state index is 0.0606. The second-order valence-corrected chi connectivity index (χ2v) is 8.79. The van der Waals surface area contributed by atoms with Crippen molar-refractivity contribution in [1.29, 1.82) is 0 Å². The SMILES string of the molecule is COc1cc2c(cc1OC)[C@]1(CC[C@@H](C(=O)OCc3ccccc3)CC1)N(CCN)CC2. The second-order valence-electron chi connectivity index (χ2n) is 8.79. The van der Waals surface area contributed by atoms with Crippen molar-refractivity contribution in [2.24, 2.45) is 11.7 Å². The summed E-state index contributed by atoms with van der Waals surface area (Å²) in [7, 11) is 3.35. The zero-order chi connectivity index (χ0) is 22.6. The average molecular weight is 439 g/mol. The molecule has 0 atom stereocenters. The predicted molar refractivity (Wildman–Crippen MR) is 124 cm³/mol. The Morgan fingerprint density at radius 2 is 1.78 bits per heavy atom. The number of rotatable bonds is 7. The molecule has 2 aromatic rings. The number of hydrogen-bond acceptors (Lipinski definition) is 6. The maximum absolute atomic E-state index is 12.8. The monoisotopic (exact) mass is 438 g/mol. The summed E-state index contributed by atoms with van der Waals surface area (Å²) in [4.78, 5) is 15.3. The van der Waals surface area contributed by atoms with Crippen molar-refractivity contribution in [3.8, 4) is 11.5 Å². The Hall–Kier alpha value is -2.57. The van der Waals surface area contributed by atoms with Crippen molar-refractivity contribution in [3.05, 3.63) is 59.2 Å². The van der Waals surface area contributed by atoms with Crippen molar-refractivity contribution in [2.45, 2.75) is 44.2 Å². The van der Waals surface area contributed by atoms with Crippen LogP contribution in [0.3, 0.4) is 0 Å². The molecule has 1 heterocycles. The van der Waals surface area contributed by atoms with E-state index in [2.05, 4.69) is 17.0 Å². The Morgan fingerprint density at radius 3 is 2.44 bits per heavy atom. The molecule has 1 aliphatic heterocycles. The molecule has 0 saturated heterocycles. The molecule has 0 radical (unpaired) electrons. The van der Waals surface area contributed by atoms with Gasteiger partial charge in [-0.1, -0.05) is 30.3 Å². The van der Waals surface area contributed by atoms with Crippen LogP contribution in [0.15, 0.2) is 42.5 Å². The summed E-state index contributed by atoms with van der Waals surface area (Å²) < 4.78 is 16.8. The fourth-order valence-corrected chi connectivity index (χ4v) is 5.45. The molecular formula is C26H34N2O4. The molecule has 2 aliphatic rings. The van der Waals surface area contributed by atoms with Gasteiger partial charge in [0, 0.05) is 25.2 Å². The summed E-state index contributed by atoms with van der Waals surface area (Å²) in [6, 6.07) is 14.1. The highest BCUT2D eigenvalue weighted by Gasteiger charge is 2.46. The molecule has 1 aliphatic carbocycles. The van der Waals surface area contributed by atoms with E-state index in [0.717, 1.165) is 62.3 Å². The van der Waals surface area contributed by atoms with Gasteiger partial charge in [-0.05, 0) is 60.9 Å². The standard InChI is InChI=1S/C26H34N2O4/c1-30-23-16-21-10-14-28(15-13-27)26(22(21)17-24(23)31-2)11-8-20(9-12-26)25(29)32-18-19-6-4-3-5-7-19/h3-7,16-17,20H,8-15,18,27H2,1-2H3/t20-,26-. The molecule has 172 valence electrons. The number of nitrogens with zero attached hydrogens (tertiary/aromatic N) is 1. The van der Waals surface area contributed by atoms with Crippen molar-refractivity contribution in [2.75, 3.05) is 33.9 Å². The Morgan fingerprint density at radius 1 is 1.09 bits per heavy atom. The van der Waals surface area contributed by atoms with Crippen LogP contribution in [0.5, 0.6) is 11.5 Å². The number of ether oxygens (including phenoxy) is 3. The number of esters is 1. The number of carbonyl (C=O) groups excluding carboxylic acids is 1. The van der Waals surface area contributed by atoms with Gasteiger partial charge < -0.3 is 19.9 Å². The Bertz CT molecular complexity index is 923. The molecule has 32 heavy (non-hydrogen) atoms. The number of benzene rings is 2. The van der Waals surface area contributed by atoms with Crippen LogP contribution in [0, 0.1) is 5.92 Å². The lowest BCUT2D eigenvalue weighted by Crippen LogP contribution is -2.54. The van der Waals surface area contributed by atoms with E-state index in [-0.39, 0.29) is 17.4 Å². The van der Waals surface area contributed by atoms with Gasteiger partial charge in [0.15, 0.2) is 11.5 Å². The maximum Gasteiger partial charge on any atom is 0.309 e. The Kier molecular flexibility index (Phi) is 7.01. The summed E-state index contributed by atoms with van der Waals surface area (Å²) in [5.41, 5.74) is 9.48. The van der Waals surface area contributed by atoms with E-state index in [1.807, 2.05) is 30.3 Å². The largest absolute Gasteiger partial charge is 0.493 e. The van der Waals surface area contributed by atoms with Gasteiger partial charge in [0.1, 0.15) is 6.61 Å². The van der Waals surface area contributed by atoms with E-state index < -0.39 is 0 Å². The van der Waals surface area contributed by atoms with Gasteiger partial charge in [-0.25, -0.2) is 0 Å². The molecule has 4 rings (SSSR count). The van der Waals surface area contributed by atoms with Crippen LogP contribution in [0.2, 0.25) is 0 Å². The first-order valence-electron chi connectivity index (χ1n) is 11.5. The van der Waals surface area contributed by atoms with Gasteiger partial charge in [-0.3, -0.25) is 9.69 Å². The number of fused-ring (bicyclic) bond motifs is 2. The third-order valence-electron chi connectivity index (χ3n) is 7.14. The number of nitrogens with two attached hydrogens (primary N) is 1. The molecule has 2 aromatic carbocycles. The van der Waals surface area contributed by atoms with Crippen LogP contribution < -0.4 is 15.2 Å². The summed E-state index contributed by atoms with van der Waals surface area (Å²) in [5, 5.41) is 0. The number of hydrogen-bond donors (Lipinski definition) is 1.